The predicted molar refractivity (Wildman–Crippen MR) is 102 cm³/mol. The fourth-order valence-electron chi connectivity index (χ4n) is 4.11. The molecule has 3 N–H and O–H groups in total. The van der Waals surface area contributed by atoms with Crippen molar-refractivity contribution in [1.82, 2.24) is 15.5 Å². The first kappa shape index (κ1) is 19.6. The van der Waals surface area contributed by atoms with E-state index in [1.165, 1.54) is 0 Å². The average Bonchev–Trinajstić information content (AvgIpc) is 3.10. The van der Waals surface area contributed by atoms with Crippen LogP contribution in [0.5, 0.6) is 5.75 Å². The zero-order valence-corrected chi connectivity index (χ0v) is 15.9. The Bertz CT molecular complexity index is 671. The summed E-state index contributed by atoms with van der Waals surface area (Å²) in [6.07, 6.45) is 3.17. The number of carboxylic acids is 1. The molecule has 1 aromatic rings. The Morgan fingerprint density at radius 2 is 2.07 bits per heavy atom. The maximum absolute atomic E-state index is 12.2. The number of carbonyl (C=O) groups excluding carboxylic acids is 1. The smallest absolute Gasteiger partial charge is 0.320 e. The summed E-state index contributed by atoms with van der Waals surface area (Å²) in [7, 11) is 1.63. The molecule has 1 spiro atoms. The molecule has 3 rings (SSSR count). The predicted octanol–water partition coefficient (Wildman–Crippen LogP) is 1.23. The van der Waals surface area contributed by atoms with E-state index in [0.29, 0.717) is 13.0 Å². The molecule has 1 amide bonds. The number of hydrogen-bond donors (Lipinski definition) is 3. The summed E-state index contributed by atoms with van der Waals surface area (Å²) in [4.78, 5) is 25.6. The van der Waals surface area contributed by atoms with Crippen LogP contribution < -0.4 is 15.4 Å². The van der Waals surface area contributed by atoms with E-state index in [9.17, 15) is 9.59 Å². The topological polar surface area (TPSA) is 90.9 Å². The number of carboxylic acid groups (broad SMARTS) is 1. The van der Waals surface area contributed by atoms with Crippen LogP contribution in [0.4, 0.5) is 0 Å². The van der Waals surface area contributed by atoms with Gasteiger partial charge in [0.2, 0.25) is 5.91 Å². The number of benzene rings is 1. The van der Waals surface area contributed by atoms with Crippen molar-refractivity contribution in [2.45, 2.75) is 38.3 Å². The molecular formula is C20H29N3O4. The molecule has 2 heterocycles. The molecule has 1 atom stereocenters. The Morgan fingerprint density at radius 3 is 2.74 bits per heavy atom. The zero-order chi connectivity index (χ0) is 19.3. The standard InChI is InChI=1S/C20H29N3O4/c1-27-17-5-3-2-4-15(17)13-21-18(24)6-9-23-10-7-20(8-11-23)12-16(19(25)26)22-14-20/h2-5,16,22H,6-14H2,1H3,(H,21,24)(H,25,26)/t16-/m1/s1. The lowest BCUT2D eigenvalue weighted by molar-refractivity contribution is -0.139. The highest BCUT2D eigenvalue weighted by molar-refractivity contribution is 5.76. The number of carbonyl (C=O) groups is 2. The fourth-order valence-corrected chi connectivity index (χ4v) is 4.11. The number of para-hydroxylation sites is 1. The number of methoxy groups -OCH3 is 1. The quantitative estimate of drug-likeness (QED) is 0.664. The maximum atomic E-state index is 12.2. The fraction of sp³-hybridized carbons (Fsp3) is 0.600. The van der Waals surface area contributed by atoms with Crippen molar-refractivity contribution in [3.63, 3.8) is 0 Å². The molecule has 1 aromatic carbocycles. The van der Waals surface area contributed by atoms with Crippen molar-refractivity contribution in [3.8, 4) is 5.75 Å². The molecule has 148 valence electrons. The molecule has 0 saturated carbocycles. The van der Waals surface area contributed by atoms with Gasteiger partial charge >= 0.3 is 5.97 Å². The van der Waals surface area contributed by atoms with Crippen LogP contribution in [0.3, 0.4) is 0 Å². The van der Waals surface area contributed by atoms with Gasteiger partial charge in [-0.15, -0.1) is 0 Å². The van der Waals surface area contributed by atoms with Crippen LogP contribution in [0.15, 0.2) is 24.3 Å². The summed E-state index contributed by atoms with van der Waals surface area (Å²) < 4.78 is 5.30. The average molecular weight is 375 g/mol. The van der Waals surface area contributed by atoms with Gasteiger partial charge in [-0.3, -0.25) is 9.59 Å². The highest BCUT2D eigenvalue weighted by atomic mass is 16.5. The first-order valence-corrected chi connectivity index (χ1v) is 9.58. The van der Waals surface area contributed by atoms with E-state index in [0.717, 1.165) is 56.8 Å². The van der Waals surface area contributed by atoms with Gasteiger partial charge in [-0.2, -0.15) is 0 Å². The summed E-state index contributed by atoms with van der Waals surface area (Å²) in [5, 5.41) is 15.3. The zero-order valence-electron chi connectivity index (χ0n) is 15.9. The van der Waals surface area contributed by atoms with Gasteiger partial charge in [0.25, 0.3) is 0 Å². The van der Waals surface area contributed by atoms with Crippen molar-refractivity contribution < 1.29 is 19.4 Å². The van der Waals surface area contributed by atoms with E-state index in [-0.39, 0.29) is 11.3 Å². The van der Waals surface area contributed by atoms with Crippen molar-refractivity contribution in [1.29, 1.82) is 0 Å². The molecule has 0 unspecified atom stereocenters. The number of likely N-dealkylation sites (tertiary alicyclic amines) is 1. The van der Waals surface area contributed by atoms with Gasteiger partial charge in [-0.25, -0.2) is 0 Å². The molecule has 27 heavy (non-hydrogen) atoms. The number of hydrogen-bond acceptors (Lipinski definition) is 5. The van der Waals surface area contributed by atoms with E-state index >= 15 is 0 Å². The molecule has 0 bridgehead atoms. The second kappa shape index (κ2) is 8.71. The molecule has 2 aliphatic heterocycles. The molecule has 7 nitrogen and oxygen atoms in total. The minimum Gasteiger partial charge on any atom is -0.496 e. The summed E-state index contributed by atoms with van der Waals surface area (Å²) in [6, 6.07) is 7.27. The van der Waals surface area contributed by atoms with Crippen LogP contribution in [0, 0.1) is 5.41 Å². The minimum absolute atomic E-state index is 0.0367. The van der Waals surface area contributed by atoms with Gasteiger partial charge in [0.1, 0.15) is 11.8 Å². The first-order chi connectivity index (χ1) is 13.0. The van der Waals surface area contributed by atoms with Crippen LogP contribution in [-0.4, -0.2) is 61.2 Å². The molecule has 2 fully saturated rings. The normalized spacial score (nSPS) is 21.9. The van der Waals surface area contributed by atoms with Crippen LogP contribution in [0.2, 0.25) is 0 Å². The van der Waals surface area contributed by atoms with Gasteiger partial charge in [0, 0.05) is 31.6 Å². The van der Waals surface area contributed by atoms with Gasteiger partial charge in [0.05, 0.1) is 7.11 Å². The summed E-state index contributed by atoms with van der Waals surface area (Å²) in [5.74, 6) is 0.0691. The van der Waals surface area contributed by atoms with Crippen LogP contribution in [0.1, 0.15) is 31.2 Å². The number of aliphatic carboxylic acids is 1. The highest BCUT2D eigenvalue weighted by Gasteiger charge is 2.43. The monoisotopic (exact) mass is 375 g/mol. The van der Waals surface area contributed by atoms with Crippen LogP contribution in [0.25, 0.3) is 0 Å². The Hall–Kier alpha value is -2.12. The summed E-state index contributed by atoms with van der Waals surface area (Å²) >= 11 is 0. The second-order valence-electron chi connectivity index (χ2n) is 7.66. The van der Waals surface area contributed by atoms with Gasteiger partial charge < -0.3 is 25.4 Å². The Kier molecular flexibility index (Phi) is 6.34. The van der Waals surface area contributed by atoms with E-state index in [1.807, 2.05) is 24.3 Å². The first-order valence-electron chi connectivity index (χ1n) is 9.58. The second-order valence-corrected chi connectivity index (χ2v) is 7.66. The van der Waals surface area contributed by atoms with E-state index in [1.54, 1.807) is 7.11 Å². The molecule has 0 aliphatic carbocycles. The Balaban J connectivity index is 1.37. The lowest BCUT2D eigenvalue weighted by atomic mass is 9.76. The van der Waals surface area contributed by atoms with E-state index in [2.05, 4.69) is 15.5 Å². The van der Waals surface area contributed by atoms with Gasteiger partial charge in [-0.1, -0.05) is 18.2 Å². The minimum atomic E-state index is -0.749. The van der Waals surface area contributed by atoms with Crippen molar-refractivity contribution in [3.05, 3.63) is 29.8 Å². The third-order valence-electron chi connectivity index (χ3n) is 5.90. The Labute approximate surface area is 160 Å². The number of amides is 1. The third kappa shape index (κ3) is 4.99. The number of nitrogens with zero attached hydrogens (tertiary/aromatic N) is 1. The summed E-state index contributed by atoms with van der Waals surface area (Å²) in [6.45, 7) is 3.84. The molecule has 0 aromatic heterocycles. The van der Waals surface area contributed by atoms with Crippen LogP contribution >= 0.6 is 0 Å². The molecule has 7 heteroatoms. The van der Waals surface area contributed by atoms with Crippen LogP contribution in [-0.2, 0) is 16.1 Å². The highest BCUT2D eigenvalue weighted by Crippen LogP contribution is 2.39. The number of ether oxygens (including phenoxy) is 1. The van der Waals surface area contributed by atoms with Gasteiger partial charge in [0.15, 0.2) is 0 Å². The van der Waals surface area contributed by atoms with E-state index in [4.69, 9.17) is 9.84 Å². The number of rotatable bonds is 7. The molecule has 2 aliphatic rings. The summed E-state index contributed by atoms with van der Waals surface area (Å²) in [5.41, 5.74) is 1.08. The Morgan fingerprint density at radius 1 is 1.33 bits per heavy atom. The van der Waals surface area contributed by atoms with Gasteiger partial charge in [-0.05, 0) is 43.8 Å². The lowest BCUT2D eigenvalue weighted by Gasteiger charge is -2.38. The number of piperidine rings is 1. The third-order valence-corrected chi connectivity index (χ3v) is 5.90. The van der Waals surface area contributed by atoms with Crippen molar-refractivity contribution in [2.75, 3.05) is 33.3 Å². The molecule has 2 saturated heterocycles. The largest absolute Gasteiger partial charge is 0.496 e. The van der Waals surface area contributed by atoms with E-state index < -0.39 is 12.0 Å². The maximum Gasteiger partial charge on any atom is 0.320 e. The molecule has 0 radical (unpaired) electrons. The SMILES string of the molecule is COc1ccccc1CNC(=O)CCN1CCC2(CC1)CN[C@@H](C(=O)O)C2. The van der Waals surface area contributed by atoms with Crippen molar-refractivity contribution >= 4 is 11.9 Å². The molecular weight excluding hydrogens is 346 g/mol. The van der Waals surface area contributed by atoms with Crippen molar-refractivity contribution in [2.24, 2.45) is 5.41 Å². The lowest BCUT2D eigenvalue weighted by Crippen LogP contribution is -2.42. The number of nitrogens with one attached hydrogen (secondary N) is 2.